The van der Waals surface area contributed by atoms with Crippen LogP contribution in [-0.2, 0) is 22.5 Å². The van der Waals surface area contributed by atoms with Crippen LogP contribution in [0.4, 0.5) is 5.69 Å². The Morgan fingerprint density at radius 2 is 1.77 bits per heavy atom. The molecule has 0 aliphatic heterocycles. The Kier molecular flexibility index (Phi) is 4.19. The summed E-state index contributed by atoms with van der Waals surface area (Å²) in [5, 5.41) is 4.29. The number of aryl methyl sites for hydroxylation is 1. The van der Waals surface area contributed by atoms with Crippen molar-refractivity contribution in [3.63, 3.8) is 0 Å². The quantitative estimate of drug-likeness (QED) is 0.938. The Bertz CT molecular complexity index is 756. The van der Waals surface area contributed by atoms with Crippen LogP contribution in [0.25, 0.3) is 0 Å². The summed E-state index contributed by atoms with van der Waals surface area (Å²) in [7, 11) is -0.430. The van der Waals surface area contributed by atoms with E-state index in [2.05, 4.69) is 9.82 Å². The lowest BCUT2D eigenvalue weighted by molar-refractivity contribution is 0.415. The first-order valence-corrected chi connectivity index (χ1v) is 8.33. The lowest BCUT2D eigenvalue weighted by atomic mass is 9.92. The maximum absolute atomic E-state index is 12.6. The third kappa shape index (κ3) is 3.41. The summed E-state index contributed by atoms with van der Waals surface area (Å²) in [6, 6.07) is 6.71. The smallest absolute Gasteiger partial charge is 0.265 e. The Balaban J connectivity index is 2.38. The van der Waals surface area contributed by atoms with Gasteiger partial charge >= 0.3 is 0 Å². The van der Waals surface area contributed by atoms with Gasteiger partial charge in [-0.15, -0.1) is 0 Å². The number of methoxy groups -OCH3 is 1. The molecule has 1 aromatic carbocycles. The van der Waals surface area contributed by atoms with Gasteiger partial charge in [-0.3, -0.25) is 9.40 Å². The third-order valence-corrected chi connectivity index (χ3v) is 4.52. The fraction of sp³-hybridized carbons (Fsp3) is 0.400. The maximum Gasteiger partial charge on any atom is 0.265 e. The largest absolute Gasteiger partial charge is 0.497 e. The molecule has 1 heterocycles. The molecule has 0 saturated heterocycles. The number of hydrogen-bond donors (Lipinski definition) is 1. The highest BCUT2D eigenvalue weighted by Gasteiger charge is 2.29. The van der Waals surface area contributed by atoms with Crippen molar-refractivity contribution in [2.24, 2.45) is 7.05 Å². The van der Waals surface area contributed by atoms with Crippen LogP contribution >= 0.6 is 0 Å². The van der Waals surface area contributed by atoms with Crippen LogP contribution in [0.3, 0.4) is 0 Å². The van der Waals surface area contributed by atoms with Crippen molar-refractivity contribution in [1.29, 1.82) is 0 Å². The van der Waals surface area contributed by atoms with E-state index in [4.69, 9.17) is 4.74 Å². The zero-order valence-corrected chi connectivity index (χ0v) is 14.2. The molecule has 7 heteroatoms. The Morgan fingerprint density at radius 3 is 2.27 bits per heavy atom. The van der Waals surface area contributed by atoms with Crippen LogP contribution in [0.1, 0.15) is 26.5 Å². The van der Waals surface area contributed by atoms with Gasteiger partial charge in [0, 0.05) is 24.3 Å². The third-order valence-electron chi connectivity index (χ3n) is 3.14. The van der Waals surface area contributed by atoms with Gasteiger partial charge < -0.3 is 4.74 Å². The molecular weight excluding hydrogens is 302 g/mol. The Labute approximate surface area is 131 Å². The monoisotopic (exact) mass is 323 g/mol. The second-order valence-corrected chi connectivity index (χ2v) is 7.75. The van der Waals surface area contributed by atoms with Crippen LogP contribution in [0.2, 0.25) is 0 Å². The average Bonchev–Trinajstić information content (AvgIpc) is 2.82. The van der Waals surface area contributed by atoms with Crippen LogP contribution in [0.15, 0.2) is 35.4 Å². The summed E-state index contributed by atoms with van der Waals surface area (Å²) in [5.41, 5.74) is 0.645. The van der Waals surface area contributed by atoms with Crippen molar-refractivity contribution in [1.82, 2.24) is 9.78 Å². The standard InChI is InChI=1S/C15H21N3O3S/c1-15(2,3)14-13(10-18(4)16-14)22(19,20)17-11-6-8-12(21-5)9-7-11/h6-10,17H,1-5H3. The molecule has 22 heavy (non-hydrogen) atoms. The van der Waals surface area contributed by atoms with Crippen LogP contribution < -0.4 is 9.46 Å². The molecule has 0 amide bonds. The summed E-state index contributed by atoms with van der Waals surface area (Å²) >= 11 is 0. The Morgan fingerprint density at radius 1 is 1.18 bits per heavy atom. The van der Waals surface area contributed by atoms with Crippen molar-refractivity contribution in [3.8, 4) is 5.75 Å². The van der Waals surface area contributed by atoms with E-state index in [1.807, 2.05) is 20.8 Å². The van der Waals surface area contributed by atoms with E-state index in [0.717, 1.165) is 0 Å². The average molecular weight is 323 g/mol. The highest BCUT2D eigenvalue weighted by atomic mass is 32.2. The molecule has 0 unspecified atom stereocenters. The molecule has 120 valence electrons. The van der Waals surface area contributed by atoms with Crippen molar-refractivity contribution in [2.75, 3.05) is 11.8 Å². The number of benzene rings is 1. The molecule has 1 aromatic heterocycles. The maximum atomic E-state index is 12.6. The number of rotatable bonds is 4. The molecule has 0 aliphatic rings. The molecule has 0 saturated carbocycles. The van der Waals surface area contributed by atoms with Gasteiger partial charge in [-0.05, 0) is 24.3 Å². The number of nitrogens with one attached hydrogen (secondary N) is 1. The zero-order chi connectivity index (χ0) is 16.5. The topological polar surface area (TPSA) is 73.2 Å². The van der Waals surface area contributed by atoms with E-state index in [0.29, 0.717) is 17.1 Å². The van der Waals surface area contributed by atoms with Crippen molar-refractivity contribution in [2.45, 2.75) is 31.1 Å². The first kappa shape index (κ1) is 16.4. The summed E-state index contributed by atoms with van der Waals surface area (Å²) in [5.74, 6) is 0.666. The van der Waals surface area contributed by atoms with E-state index in [-0.39, 0.29) is 10.3 Å². The summed E-state index contributed by atoms with van der Waals surface area (Å²) in [4.78, 5) is 0.193. The summed E-state index contributed by atoms with van der Waals surface area (Å²) in [6.07, 6.45) is 1.52. The van der Waals surface area contributed by atoms with E-state index in [1.165, 1.54) is 10.9 Å². The van der Waals surface area contributed by atoms with Crippen LogP contribution in [0.5, 0.6) is 5.75 Å². The lowest BCUT2D eigenvalue weighted by Crippen LogP contribution is -2.20. The minimum Gasteiger partial charge on any atom is -0.497 e. The second-order valence-electron chi connectivity index (χ2n) is 6.10. The van der Waals surface area contributed by atoms with Crippen molar-refractivity contribution < 1.29 is 13.2 Å². The molecule has 2 rings (SSSR count). The van der Waals surface area contributed by atoms with E-state index >= 15 is 0 Å². The molecule has 0 bridgehead atoms. The van der Waals surface area contributed by atoms with E-state index in [1.54, 1.807) is 38.4 Å². The van der Waals surface area contributed by atoms with Crippen molar-refractivity contribution in [3.05, 3.63) is 36.2 Å². The van der Waals surface area contributed by atoms with Gasteiger partial charge in [-0.2, -0.15) is 5.10 Å². The fourth-order valence-corrected chi connectivity index (χ4v) is 3.50. The molecule has 6 nitrogen and oxygen atoms in total. The highest BCUT2D eigenvalue weighted by Crippen LogP contribution is 2.28. The fourth-order valence-electron chi connectivity index (χ4n) is 2.05. The number of aromatic nitrogens is 2. The SMILES string of the molecule is COc1ccc(NS(=O)(=O)c2cn(C)nc2C(C)(C)C)cc1. The van der Waals surface area contributed by atoms with Gasteiger partial charge in [0.15, 0.2) is 0 Å². The summed E-state index contributed by atoms with van der Waals surface area (Å²) < 4.78 is 34.4. The first-order valence-electron chi connectivity index (χ1n) is 6.84. The number of sulfonamides is 1. The number of anilines is 1. The first-order chi connectivity index (χ1) is 10.1. The van der Waals surface area contributed by atoms with Gasteiger partial charge in [0.25, 0.3) is 10.0 Å². The predicted octanol–water partition coefficient (Wildman–Crippen LogP) is 2.53. The second kappa shape index (κ2) is 5.64. The molecule has 0 radical (unpaired) electrons. The van der Waals surface area contributed by atoms with Crippen molar-refractivity contribution >= 4 is 15.7 Å². The van der Waals surface area contributed by atoms with Gasteiger partial charge in [0.1, 0.15) is 10.6 Å². The van der Waals surface area contributed by atoms with Gasteiger partial charge in [-0.1, -0.05) is 20.8 Å². The number of ether oxygens (including phenoxy) is 1. The van der Waals surface area contributed by atoms with Crippen LogP contribution in [0, 0.1) is 0 Å². The molecule has 1 N–H and O–H groups in total. The minimum atomic E-state index is -3.70. The van der Waals surface area contributed by atoms with Gasteiger partial charge in [-0.25, -0.2) is 8.42 Å². The molecule has 0 atom stereocenters. The van der Waals surface area contributed by atoms with Gasteiger partial charge in [0.2, 0.25) is 0 Å². The summed E-state index contributed by atoms with van der Waals surface area (Å²) in [6.45, 7) is 5.80. The number of nitrogens with zero attached hydrogens (tertiary/aromatic N) is 2. The van der Waals surface area contributed by atoms with Gasteiger partial charge in [0.05, 0.1) is 12.8 Å². The van der Waals surface area contributed by atoms with Crippen LogP contribution in [-0.4, -0.2) is 25.3 Å². The molecule has 2 aromatic rings. The molecule has 0 aliphatic carbocycles. The normalized spacial score (nSPS) is 12.2. The number of hydrogen-bond acceptors (Lipinski definition) is 4. The molecule has 0 spiro atoms. The lowest BCUT2D eigenvalue weighted by Gasteiger charge is -2.17. The van der Waals surface area contributed by atoms with E-state index in [9.17, 15) is 8.42 Å². The molecule has 0 fully saturated rings. The predicted molar refractivity (Wildman–Crippen MR) is 85.7 cm³/mol. The Hall–Kier alpha value is -2.02. The highest BCUT2D eigenvalue weighted by molar-refractivity contribution is 7.92. The molecular formula is C15H21N3O3S. The van der Waals surface area contributed by atoms with E-state index < -0.39 is 10.0 Å². The minimum absolute atomic E-state index is 0.193. The zero-order valence-electron chi connectivity index (χ0n) is 13.4.